The Bertz CT molecular complexity index is 706. The van der Waals surface area contributed by atoms with Crippen LogP contribution >= 0.6 is 0 Å². The van der Waals surface area contributed by atoms with Crippen molar-refractivity contribution < 1.29 is 19.4 Å². The molecule has 0 bridgehead atoms. The largest absolute Gasteiger partial charge is 0.486 e. The molecule has 2 aromatic rings. The number of rotatable bonds is 5. The molecule has 22 heavy (non-hydrogen) atoms. The second kappa shape index (κ2) is 5.87. The summed E-state index contributed by atoms with van der Waals surface area (Å²) in [6.45, 7) is 5.72. The lowest BCUT2D eigenvalue weighted by molar-refractivity contribution is -0.137. The van der Waals surface area contributed by atoms with Crippen molar-refractivity contribution in [2.75, 3.05) is 13.2 Å². The minimum atomic E-state index is -0.810. The van der Waals surface area contributed by atoms with Gasteiger partial charge in [-0.25, -0.2) is 4.98 Å². The second-order valence-corrected chi connectivity index (χ2v) is 5.91. The summed E-state index contributed by atoms with van der Waals surface area (Å²) in [5, 5.41) is 8.97. The fourth-order valence-electron chi connectivity index (χ4n) is 2.69. The first kappa shape index (κ1) is 14.7. The van der Waals surface area contributed by atoms with Crippen LogP contribution in [0.15, 0.2) is 12.1 Å². The third-order valence-electron chi connectivity index (χ3n) is 3.63. The molecule has 6 heteroatoms. The molecule has 118 valence electrons. The van der Waals surface area contributed by atoms with E-state index in [1.165, 1.54) is 0 Å². The summed E-state index contributed by atoms with van der Waals surface area (Å²) in [5.74, 6) is 1.95. The molecule has 3 rings (SSSR count). The van der Waals surface area contributed by atoms with Crippen molar-refractivity contribution >= 4 is 17.0 Å². The van der Waals surface area contributed by atoms with Crippen LogP contribution in [0.25, 0.3) is 11.0 Å². The molecule has 1 aliphatic heterocycles. The molecular weight excluding hydrogens is 284 g/mol. The fraction of sp³-hybridized carbons (Fsp3) is 0.500. The number of benzene rings is 1. The molecule has 1 aromatic carbocycles. The van der Waals surface area contributed by atoms with Crippen molar-refractivity contribution in [3.05, 3.63) is 18.0 Å². The molecule has 0 fully saturated rings. The molecule has 1 N–H and O–H groups in total. The van der Waals surface area contributed by atoms with E-state index in [0.29, 0.717) is 37.2 Å². The molecule has 0 atom stereocenters. The van der Waals surface area contributed by atoms with Crippen molar-refractivity contribution in [1.29, 1.82) is 0 Å². The Morgan fingerprint density at radius 1 is 1.32 bits per heavy atom. The van der Waals surface area contributed by atoms with Gasteiger partial charge in [0.15, 0.2) is 11.5 Å². The van der Waals surface area contributed by atoms with E-state index < -0.39 is 5.97 Å². The highest BCUT2D eigenvalue weighted by molar-refractivity contribution is 5.81. The zero-order valence-corrected chi connectivity index (χ0v) is 12.8. The smallest absolute Gasteiger partial charge is 0.305 e. The van der Waals surface area contributed by atoms with Crippen molar-refractivity contribution in [3.8, 4) is 11.5 Å². The number of fused-ring (bicyclic) bond motifs is 2. The Morgan fingerprint density at radius 3 is 2.64 bits per heavy atom. The van der Waals surface area contributed by atoms with E-state index in [0.717, 1.165) is 23.3 Å². The normalized spacial score (nSPS) is 13.8. The van der Waals surface area contributed by atoms with E-state index in [9.17, 15) is 4.79 Å². The molecule has 0 spiro atoms. The molecule has 2 heterocycles. The highest BCUT2D eigenvalue weighted by atomic mass is 16.6. The lowest BCUT2D eigenvalue weighted by Crippen LogP contribution is -2.15. The van der Waals surface area contributed by atoms with Gasteiger partial charge in [0, 0.05) is 25.1 Å². The van der Waals surface area contributed by atoms with Gasteiger partial charge in [0.2, 0.25) is 0 Å². The van der Waals surface area contributed by atoms with Crippen LogP contribution in [0.3, 0.4) is 0 Å². The summed E-state index contributed by atoms with van der Waals surface area (Å²) in [4.78, 5) is 15.6. The Hall–Kier alpha value is -2.24. The first-order chi connectivity index (χ1) is 10.5. The predicted octanol–water partition coefficient (Wildman–Crippen LogP) is 2.48. The SMILES string of the molecule is CC(C)Cc1nc2cc3c(cc2n1CCC(=O)O)OCCO3. The number of carboxylic acid groups (broad SMARTS) is 1. The number of hydrogen-bond donors (Lipinski definition) is 1. The van der Waals surface area contributed by atoms with Crippen LogP contribution in [-0.2, 0) is 17.8 Å². The minimum Gasteiger partial charge on any atom is -0.486 e. The summed E-state index contributed by atoms with van der Waals surface area (Å²) in [7, 11) is 0. The number of ether oxygens (including phenoxy) is 2. The number of nitrogens with zero attached hydrogens (tertiary/aromatic N) is 2. The maximum absolute atomic E-state index is 10.9. The Morgan fingerprint density at radius 2 is 2.00 bits per heavy atom. The highest BCUT2D eigenvalue weighted by Gasteiger charge is 2.19. The molecule has 6 nitrogen and oxygen atoms in total. The number of imidazole rings is 1. The quantitative estimate of drug-likeness (QED) is 0.918. The first-order valence-corrected chi connectivity index (χ1v) is 7.55. The minimum absolute atomic E-state index is 0.0744. The number of carbonyl (C=O) groups is 1. The van der Waals surface area contributed by atoms with E-state index >= 15 is 0 Å². The van der Waals surface area contributed by atoms with Crippen LogP contribution in [0.1, 0.15) is 26.1 Å². The third kappa shape index (κ3) is 2.86. The number of hydrogen-bond acceptors (Lipinski definition) is 4. The number of aliphatic carboxylic acids is 1. The number of carboxylic acids is 1. The van der Waals surface area contributed by atoms with Crippen LogP contribution < -0.4 is 9.47 Å². The van der Waals surface area contributed by atoms with Gasteiger partial charge in [-0.05, 0) is 5.92 Å². The number of aryl methyl sites for hydroxylation is 1. The lowest BCUT2D eigenvalue weighted by Gasteiger charge is -2.18. The van der Waals surface area contributed by atoms with Gasteiger partial charge in [-0.1, -0.05) is 13.8 Å². The van der Waals surface area contributed by atoms with Crippen LogP contribution in [0.5, 0.6) is 11.5 Å². The van der Waals surface area contributed by atoms with Gasteiger partial charge in [0.1, 0.15) is 19.0 Å². The van der Waals surface area contributed by atoms with Crippen LogP contribution in [0.2, 0.25) is 0 Å². The summed E-state index contributed by atoms with van der Waals surface area (Å²) in [5.41, 5.74) is 1.73. The van der Waals surface area contributed by atoms with Crippen molar-refractivity contribution in [1.82, 2.24) is 9.55 Å². The summed E-state index contributed by atoms with van der Waals surface area (Å²) < 4.78 is 13.2. The molecule has 0 aliphatic carbocycles. The maximum Gasteiger partial charge on any atom is 0.305 e. The van der Waals surface area contributed by atoms with Crippen LogP contribution in [-0.4, -0.2) is 33.8 Å². The van der Waals surface area contributed by atoms with Gasteiger partial charge in [-0.15, -0.1) is 0 Å². The van der Waals surface area contributed by atoms with Gasteiger partial charge in [-0.3, -0.25) is 4.79 Å². The summed E-state index contributed by atoms with van der Waals surface area (Å²) in [6, 6.07) is 3.79. The molecule has 1 aliphatic rings. The predicted molar refractivity (Wildman–Crippen MR) is 81.5 cm³/mol. The topological polar surface area (TPSA) is 73.6 Å². The summed E-state index contributed by atoms with van der Waals surface area (Å²) in [6.07, 6.45) is 0.881. The molecule has 0 saturated carbocycles. The molecular formula is C16H20N2O4. The molecule has 0 amide bonds. The van der Waals surface area contributed by atoms with Gasteiger partial charge in [-0.2, -0.15) is 0 Å². The lowest BCUT2D eigenvalue weighted by atomic mass is 10.1. The standard InChI is InChI=1S/C16H20N2O4/c1-10(2)7-15-17-11-8-13-14(22-6-5-21-13)9-12(11)18(15)4-3-16(19)20/h8-10H,3-7H2,1-2H3,(H,19,20). The van der Waals surface area contributed by atoms with Gasteiger partial charge in [0.05, 0.1) is 17.5 Å². The van der Waals surface area contributed by atoms with Gasteiger partial charge < -0.3 is 19.1 Å². The van der Waals surface area contributed by atoms with E-state index in [2.05, 4.69) is 18.8 Å². The average molecular weight is 304 g/mol. The molecule has 0 unspecified atom stereocenters. The van der Waals surface area contributed by atoms with E-state index in [1.807, 2.05) is 16.7 Å². The van der Waals surface area contributed by atoms with E-state index in [-0.39, 0.29) is 6.42 Å². The Kier molecular flexibility index (Phi) is 3.92. The monoisotopic (exact) mass is 304 g/mol. The van der Waals surface area contributed by atoms with Gasteiger partial charge in [0.25, 0.3) is 0 Å². The van der Waals surface area contributed by atoms with Crippen LogP contribution in [0.4, 0.5) is 0 Å². The molecule has 0 radical (unpaired) electrons. The van der Waals surface area contributed by atoms with E-state index in [4.69, 9.17) is 14.6 Å². The third-order valence-corrected chi connectivity index (χ3v) is 3.63. The van der Waals surface area contributed by atoms with Crippen LogP contribution in [0, 0.1) is 5.92 Å². The Balaban J connectivity index is 2.07. The fourth-order valence-corrected chi connectivity index (χ4v) is 2.69. The zero-order chi connectivity index (χ0) is 15.7. The van der Waals surface area contributed by atoms with Gasteiger partial charge >= 0.3 is 5.97 Å². The first-order valence-electron chi connectivity index (χ1n) is 7.55. The highest BCUT2D eigenvalue weighted by Crippen LogP contribution is 2.35. The summed E-state index contributed by atoms with van der Waals surface area (Å²) >= 11 is 0. The number of aromatic nitrogens is 2. The van der Waals surface area contributed by atoms with Crippen molar-refractivity contribution in [3.63, 3.8) is 0 Å². The van der Waals surface area contributed by atoms with Crippen molar-refractivity contribution in [2.45, 2.75) is 33.2 Å². The second-order valence-electron chi connectivity index (χ2n) is 5.91. The average Bonchev–Trinajstić information content (AvgIpc) is 2.78. The van der Waals surface area contributed by atoms with E-state index in [1.54, 1.807) is 0 Å². The molecule has 0 saturated heterocycles. The Labute approximate surface area is 128 Å². The maximum atomic E-state index is 10.9. The zero-order valence-electron chi connectivity index (χ0n) is 12.8. The van der Waals surface area contributed by atoms with Crippen molar-refractivity contribution in [2.24, 2.45) is 5.92 Å². The molecule has 1 aromatic heterocycles.